The van der Waals surface area contributed by atoms with E-state index in [0.717, 1.165) is 34.9 Å². The summed E-state index contributed by atoms with van der Waals surface area (Å²) < 4.78 is 11.5. The number of rotatable bonds is 3. The Balaban J connectivity index is 1.82. The molecule has 1 aromatic heterocycles. The Morgan fingerprint density at radius 3 is 2.88 bits per heavy atom. The largest absolute Gasteiger partial charge is 0.497 e. The van der Waals surface area contributed by atoms with E-state index in [1.165, 1.54) is 0 Å². The maximum Gasteiger partial charge on any atom is 0.172 e. The topological polar surface area (TPSA) is 55.4 Å². The number of methoxy groups -OCH3 is 1. The van der Waals surface area contributed by atoms with E-state index < -0.39 is 0 Å². The van der Waals surface area contributed by atoms with Crippen molar-refractivity contribution in [2.75, 3.05) is 12.4 Å². The molecule has 2 N–H and O–H groups in total. The summed E-state index contributed by atoms with van der Waals surface area (Å²) in [6, 6.07) is 9.78. The first-order chi connectivity index (χ1) is 11.9. The van der Waals surface area contributed by atoms with Crippen molar-refractivity contribution in [1.29, 1.82) is 0 Å². The fraction of sp³-hybridized carbons (Fsp3) is 0.368. The number of fused-ring (bicyclic) bond motifs is 1. The minimum atomic E-state index is -0.282. The average Bonchev–Trinajstić information content (AvgIpc) is 2.55. The van der Waals surface area contributed by atoms with Gasteiger partial charge in [-0.2, -0.15) is 0 Å². The van der Waals surface area contributed by atoms with Gasteiger partial charge in [-0.15, -0.1) is 0 Å². The summed E-state index contributed by atoms with van der Waals surface area (Å²) in [6.07, 6.45) is 2.53. The molecule has 0 spiro atoms. The highest BCUT2D eigenvalue weighted by Crippen LogP contribution is 2.41. The third-order valence-electron chi connectivity index (χ3n) is 4.22. The second-order valence-corrected chi connectivity index (χ2v) is 7.20. The summed E-state index contributed by atoms with van der Waals surface area (Å²) in [7, 11) is 1.66. The van der Waals surface area contributed by atoms with Crippen LogP contribution in [0.1, 0.15) is 37.4 Å². The number of anilines is 1. The van der Waals surface area contributed by atoms with Crippen molar-refractivity contribution in [1.82, 2.24) is 10.3 Å². The number of pyridine rings is 1. The van der Waals surface area contributed by atoms with Crippen molar-refractivity contribution in [2.45, 2.75) is 38.8 Å². The molecule has 2 aromatic rings. The molecule has 1 aliphatic heterocycles. The van der Waals surface area contributed by atoms with E-state index in [0.29, 0.717) is 5.11 Å². The van der Waals surface area contributed by atoms with Crippen LogP contribution in [0.15, 0.2) is 36.5 Å². The molecule has 2 heterocycles. The molecule has 0 saturated heterocycles. The molecule has 0 aliphatic carbocycles. The highest BCUT2D eigenvalue weighted by Gasteiger charge is 2.34. The Morgan fingerprint density at radius 1 is 1.36 bits per heavy atom. The molecule has 3 rings (SSSR count). The smallest absolute Gasteiger partial charge is 0.172 e. The lowest BCUT2D eigenvalue weighted by atomic mass is 9.89. The van der Waals surface area contributed by atoms with E-state index in [9.17, 15) is 0 Å². The van der Waals surface area contributed by atoms with Gasteiger partial charge in [-0.3, -0.25) is 0 Å². The fourth-order valence-electron chi connectivity index (χ4n) is 3.01. The van der Waals surface area contributed by atoms with Crippen LogP contribution in [0.25, 0.3) is 0 Å². The van der Waals surface area contributed by atoms with Gasteiger partial charge in [-0.25, -0.2) is 4.98 Å². The van der Waals surface area contributed by atoms with Crippen LogP contribution >= 0.6 is 12.2 Å². The normalized spacial score (nSPS) is 17.8. The first-order valence-electron chi connectivity index (χ1n) is 8.24. The van der Waals surface area contributed by atoms with Crippen molar-refractivity contribution in [2.24, 2.45) is 0 Å². The number of hydrogen-bond acceptors (Lipinski definition) is 4. The van der Waals surface area contributed by atoms with E-state index >= 15 is 0 Å². The third kappa shape index (κ3) is 4.02. The highest BCUT2D eigenvalue weighted by atomic mass is 32.1. The summed E-state index contributed by atoms with van der Waals surface area (Å²) in [5.41, 5.74) is 1.80. The lowest BCUT2D eigenvalue weighted by molar-refractivity contribution is 0.0695. The van der Waals surface area contributed by atoms with Gasteiger partial charge in [0.2, 0.25) is 0 Å². The van der Waals surface area contributed by atoms with Crippen molar-refractivity contribution in [3.05, 3.63) is 47.7 Å². The van der Waals surface area contributed by atoms with Gasteiger partial charge in [-0.1, -0.05) is 6.07 Å². The molecule has 0 saturated carbocycles. The lowest BCUT2D eigenvalue weighted by Gasteiger charge is -2.38. The van der Waals surface area contributed by atoms with E-state index in [1.54, 1.807) is 13.3 Å². The van der Waals surface area contributed by atoms with Crippen molar-refractivity contribution < 1.29 is 9.47 Å². The maximum absolute atomic E-state index is 6.10. The average molecular weight is 357 g/mol. The lowest BCUT2D eigenvalue weighted by Crippen LogP contribution is -2.42. The number of nitrogens with zero attached hydrogens (tertiary/aromatic N) is 1. The number of benzene rings is 1. The molecule has 0 bridgehead atoms. The predicted octanol–water partition coefficient (Wildman–Crippen LogP) is 3.99. The molecular weight excluding hydrogens is 334 g/mol. The van der Waals surface area contributed by atoms with Gasteiger partial charge in [0, 0.05) is 18.2 Å². The van der Waals surface area contributed by atoms with Gasteiger partial charge in [0.15, 0.2) is 5.11 Å². The zero-order valence-corrected chi connectivity index (χ0v) is 15.7. The zero-order chi connectivity index (χ0) is 18.0. The first kappa shape index (κ1) is 17.5. The van der Waals surface area contributed by atoms with Crippen LogP contribution in [-0.4, -0.2) is 22.8 Å². The van der Waals surface area contributed by atoms with Gasteiger partial charge in [0.05, 0.1) is 13.2 Å². The molecule has 0 fully saturated rings. The van der Waals surface area contributed by atoms with E-state index in [2.05, 4.69) is 29.5 Å². The summed E-state index contributed by atoms with van der Waals surface area (Å²) >= 11 is 5.51. The summed E-state index contributed by atoms with van der Waals surface area (Å²) in [5, 5.41) is 7.12. The molecule has 1 aromatic carbocycles. The minimum Gasteiger partial charge on any atom is -0.497 e. The van der Waals surface area contributed by atoms with Crippen molar-refractivity contribution >= 4 is 23.1 Å². The van der Waals surface area contributed by atoms with Gasteiger partial charge >= 0.3 is 0 Å². The quantitative estimate of drug-likeness (QED) is 0.810. The molecule has 6 heteroatoms. The number of nitrogens with one attached hydrogen (secondary N) is 2. The van der Waals surface area contributed by atoms with Crippen LogP contribution in [-0.2, 0) is 0 Å². The predicted molar refractivity (Wildman–Crippen MR) is 103 cm³/mol. The second-order valence-electron chi connectivity index (χ2n) is 6.79. The minimum absolute atomic E-state index is 0.0258. The van der Waals surface area contributed by atoms with Crippen LogP contribution in [0, 0.1) is 6.92 Å². The van der Waals surface area contributed by atoms with Crippen LogP contribution in [0.2, 0.25) is 0 Å². The van der Waals surface area contributed by atoms with Crippen LogP contribution in [0.4, 0.5) is 5.82 Å². The third-order valence-corrected chi connectivity index (χ3v) is 4.44. The van der Waals surface area contributed by atoms with E-state index in [-0.39, 0.29) is 11.6 Å². The van der Waals surface area contributed by atoms with Gasteiger partial charge < -0.3 is 20.1 Å². The second kappa shape index (κ2) is 6.88. The zero-order valence-electron chi connectivity index (χ0n) is 14.9. The maximum atomic E-state index is 6.10. The molecule has 25 heavy (non-hydrogen) atoms. The summed E-state index contributed by atoms with van der Waals surface area (Å²) in [6.45, 7) is 6.15. The Kier molecular flexibility index (Phi) is 4.81. The molecule has 1 aliphatic rings. The molecule has 0 unspecified atom stereocenters. The number of aryl methyl sites for hydroxylation is 1. The Morgan fingerprint density at radius 2 is 2.16 bits per heavy atom. The molecule has 0 radical (unpaired) electrons. The SMILES string of the molecule is COc1ccc2c(c1)[C@H](NC(=S)Nc1ncccc1C)CC(C)(C)O2. The van der Waals surface area contributed by atoms with E-state index in [4.69, 9.17) is 21.7 Å². The standard InChI is InChI=1S/C19H23N3O2S/c1-12-6-5-9-20-17(12)22-18(25)21-15-11-19(2,3)24-16-8-7-13(23-4)10-14(15)16/h5-10,15H,11H2,1-4H3,(H2,20,21,22,25)/t15-/m1/s1. The number of thiocarbonyl (C=S) groups is 1. The van der Waals surface area contributed by atoms with E-state index in [1.807, 2.05) is 37.3 Å². The monoisotopic (exact) mass is 357 g/mol. The number of hydrogen-bond donors (Lipinski definition) is 2. The van der Waals surface area contributed by atoms with Gasteiger partial charge in [0.25, 0.3) is 0 Å². The Hall–Kier alpha value is -2.34. The van der Waals surface area contributed by atoms with Crippen molar-refractivity contribution in [3.63, 3.8) is 0 Å². The summed E-state index contributed by atoms with van der Waals surface area (Å²) in [5.74, 6) is 2.41. The molecule has 0 amide bonds. The number of aromatic nitrogens is 1. The summed E-state index contributed by atoms with van der Waals surface area (Å²) in [4.78, 5) is 4.33. The first-order valence-corrected chi connectivity index (χ1v) is 8.65. The van der Waals surface area contributed by atoms with Crippen LogP contribution < -0.4 is 20.1 Å². The molecule has 1 atom stereocenters. The van der Waals surface area contributed by atoms with Crippen LogP contribution in [0.3, 0.4) is 0 Å². The highest BCUT2D eigenvalue weighted by molar-refractivity contribution is 7.80. The van der Waals surface area contributed by atoms with Crippen molar-refractivity contribution in [3.8, 4) is 11.5 Å². The molecular formula is C19H23N3O2S. The van der Waals surface area contributed by atoms with Gasteiger partial charge in [-0.05, 0) is 62.8 Å². The Labute approximate surface area is 153 Å². The fourth-order valence-corrected chi connectivity index (χ4v) is 3.25. The molecule has 5 nitrogen and oxygen atoms in total. The van der Waals surface area contributed by atoms with Gasteiger partial charge in [0.1, 0.15) is 22.9 Å². The van der Waals surface area contributed by atoms with Crippen LogP contribution in [0.5, 0.6) is 11.5 Å². The Bertz CT molecular complexity index is 792. The number of ether oxygens (including phenoxy) is 2. The molecule has 132 valence electrons.